The molecule has 2 spiro atoms. The minimum atomic E-state index is -1.41. The van der Waals surface area contributed by atoms with Gasteiger partial charge in [0.1, 0.15) is 70.8 Å². The van der Waals surface area contributed by atoms with E-state index in [1.165, 1.54) is 59.1 Å². The average Bonchev–Trinajstić information content (AvgIpc) is 3.40. The van der Waals surface area contributed by atoms with Gasteiger partial charge in [0.05, 0.1) is 39.6 Å². The van der Waals surface area contributed by atoms with Crippen LogP contribution in [0.15, 0.2) is 103 Å². The summed E-state index contributed by atoms with van der Waals surface area (Å²) in [6.07, 6.45) is 8.12. The normalized spacial score (nSPS) is 27.7. The summed E-state index contributed by atoms with van der Waals surface area (Å²) in [5.74, 6) is 4.50. The molecule has 5 aromatic carbocycles. The Balaban J connectivity index is 0.000000197. The standard InChI is InChI=1S/C36H44O4.C26H32O7.CH3.Pd/c1-5-31-24(2)25(3)34(38-23-26-10-7-6-8-11-26)35(39-31)29-13-15-32(37-4)30(22-29)21-27-12-14-33-28(20-27)16-19-36(40-33)17-9-18-36;1-31-19-6-4-17(25-24(30)23(29)22(28)21(14-27)32-25)13-18(19)12-15-3-5-20-16(11-15)7-10-26(33-20)8-2-9-26;;/h6-8,10-15,20,22,24-25,31,34-35H,5,9,16-19,21,23H2,1-4H3;3-6,11,13,21-25,27-30H,2,7-10,12,14H2,1H3;1H3;/q;;-1;/t24-,25?,31+,34?,35?;21-,22-,23+,24-,25?;;/m01../s1. The predicted molar refractivity (Wildman–Crippen MR) is 286 cm³/mol. The number of methoxy groups -OCH3 is 2. The van der Waals surface area contributed by atoms with Crippen LogP contribution in [0, 0.1) is 19.3 Å². The van der Waals surface area contributed by atoms with Crippen molar-refractivity contribution >= 4 is 0 Å². The van der Waals surface area contributed by atoms with Crippen LogP contribution in [0.1, 0.15) is 141 Å². The molecule has 2 saturated heterocycles. The molecule has 0 aromatic heterocycles. The van der Waals surface area contributed by atoms with Gasteiger partial charge in [-0.1, -0.05) is 87.5 Å². The molecule has 408 valence electrons. The van der Waals surface area contributed by atoms with Crippen LogP contribution in [0.25, 0.3) is 0 Å². The van der Waals surface area contributed by atoms with Crippen LogP contribution in [-0.2, 0) is 66.9 Å². The number of fused-ring (bicyclic) bond motifs is 2. The predicted octanol–water partition coefficient (Wildman–Crippen LogP) is 10.7. The second-order valence-corrected chi connectivity index (χ2v) is 21.9. The van der Waals surface area contributed by atoms with Gasteiger partial charge in [-0.2, -0.15) is 0 Å². The summed E-state index contributed by atoms with van der Waals surface area (Å²) in [4.78, 5) is 0. The smallest absolute Gasteiger partial charge is 0.123 e. The second kappa shape index (κ2) is 24.6. The fourth-order valence-corrected chi connectivity index (χ4v) is 12.3. The van der Waals surface area contributed by atoms with Crippen LogP contribution in [0.5, 0.6) is 23.0 Å². The first-order valence-corrected chi connectivity index (χ1v) is 27.0. The Morgan fingerprint density at radius 2 is 1.09 bits per heavy atom. The van der Waals surface area contributed by atoms with Crippen LogP contribution >= 0.6 is 0 Å². The fourth-order valence-electron chi connectivity index (χ4n) is 12.3. The molecule has 4 aliphatic heterocycles. The van der Waals surface area contributed by atoms with Gasteiger partial charge in [0.2, 0.25) is 0 Å². The number of aliphatic hydroxyl groups excluding tert-OH is 4. The van der Waals surface area contributed by atoms with E-state index in [4.69, 9.17) is 33.2 Å². The fraction of sp³-hybridized carbons (Fsp3) is 0.508. The van der Waals surface area contributed by atoms with Crippen LogP contribution in [0.2, 0.25) is 0 Å². The molecule has 4 unspecified atom stereocenters. The van der Waals surface area contributed by atoms with Crippen molar-refractivity contribution in [3.05, 3.63) is 161 Å². The van der Waals surface area contributed by atoms with E-state index in [0.29, 0.717) is 36.2 Å². The molecular formula is C63H79O11Pd-. The van der Waals surface area contributed by atoms with Crippen LogP contribution in [0.4, 0.5) is 0 Å². The molecular weight excluding hydrogens is 1040 g/mol. The molecule has 4 heterocycles. The number of benzene rings is 5. The molecule has 2 aliphatic carbocycles. The van der Waals surface area contributed by atoms with Crippen molar-refractivity contribution in [2.45, 2.75) is 171 Å². The van der Waals surface area contributed by atoms with E-state index in [2.05, 4.69) is 99.6 Å². The molecule has 2 saturated carbocycles. The van der Waals surface area contributed by atoms with Crippen molar-refractivity contribution in [2.24, 2.45) is 11.8 Å². The van der Waals surface area contributed by atoms with Crippen LogP contribution < -0.4 is 18.9 Å². The molecule has 10 atom stereocenters. The zero-order chi connectivity index (χ0) is 50.9. The van der Waals surface area contributed by atoms with Crippen molar-refractivity contribution in [3.8, 4) is 23.0 Å². The van der Waals surface area contributed by atoms with E-state index in [9.17, 15) is 20.4 Å². The minimum Gasteiger partial charge on any atom is -0.496 e. The number of aryl methyl sites for hydroxylation is 2. The second-order valence-electron chi connectivity index (χ2n) is 21.9. The molecule has 4 fully saturated rings. The summed E-state index contributed by atoms with van der Waals surface area (Å²) in [7, 11) is 3.38. The van der Waals surface area contributed by atoms with Crippen LogP contribution in [-0.4, -0.2) is 89.1 Å². The molecule has 75 heavy (non-hydrogen) atoms. The number of ether oxygens (including phenoxy) is 7. The third kappa shape index (κ3) is 12.1. The molecule has 12 heteroatoms. The molecule has 5 aromatic rings. The minimum absolute atomic E-state index is 0. The van der Waals surface area contributed by atoms with E-state index < -0.39 is 37.1 Å². The Morgan fingerprint density at radius 1 is 0.573 bits per heavy atom. The van der Waals surface area contributed by atoms with Crippen molar-refractivity contribution in [1.82, 2.24) is 0 Å². The summed E-state index contributed by atoms with van der Waals surface area (Å²) in [5, 5.41) is 40.3. The van der Waals surface area contributed by atoms with Gasteiger partial charge in [-0.3, -0.25) is 0 Å². The van der Waals surface area contributed by atoms with Gasteiger partial charge in [0.15, 0.2) is 0 Å². The average molecular weight is 1120 g/mol. The van der Waals surface area contributed by atoms with Gasteiger partial charge < -0.3 is 61.0 Å². The largest absolute Gasteiger partial charge is 0.496 e. The van der Waals surface area contributed by atoms with E-state index in [-0.39, 0.29) is 57.4 Å². The summed E-state index contributed by atoms with van der Waals surface area (Å²) in [6.45, 7) is 6.98. The summed E-state index contributed by atoms with van der Waals surface area (Å²) in [5.41, 5.74) is 10.3. The first-order valence-electron chi connectivity index (χ1n) is 27.0. The number of hydrogen-bond donors (Lipinski definition) is 4. The van der Waals surface area contributed by atoms with Gasteiger partial charge in [-0.25, -0.2) is 0 Å². The summed E-state index contributed by atoms with van der Waals surface area (Å²) in [6, 6.07) is 35.6. The van der Waals surface area contributed by atoms with Crippen molar-refractivity contribution in [1.29, 1.82) is 0 Å². The Kier molecular flexibility index (Phi) is 18.6. The molecule has 11 rings (SSSR count). The summed E-state index contributed by atoms with van der Waals surface area (Å²) < 4.78 is 43.4. The van der Waals surface area contributed by atoms with Crippen molar-refractivity contribution in [2.75, 3.05) is 20.8 Å². The molecule has 6 aliphatic rings. The summed E-state index contributed by atoms with van der Waals surface area (Å²) >= 11 is 0. The van der Waals surface area contributed by atoms with Gasteiger partial charge >= 0.3 is 0 Å². The third-order valence-corrected chi connectivity index (χ3v) is 17.3. The molecule has 0 bridgehead atoms. The first kappa shape index (κ1) is 56.9. The molecule has 11 nitrogen and oxygen atoms in total. The monoisotopic (exact) mass is 1120 g/mol. The Hall–Kier alpha value is -4.32. The van der Waals surface area contributed by atoms with Gasteiger partial charge in [0, 0.05) is 33.3 Å². The van der Waals surface area contributed by atoms with Crippen LogP contribution in [0.3, 0.4) is 0 Å². The van der Waals surface area contributed by atoms with Gasteiger partial charge in [0.25, 0.3) is 0 Å². The molecule has 4 N–H and O–H groups in total. The number of hydrogen-bond acceptors (Lipinski definition) is 11. The van der Waals surface area contributed by atoms with E-state index in [0.717, 1.165) is 79.7 Å². The quantitative estimate of drug-likeness (QED) is 0.0660. The zero-order valence-electron chi connectivity index (χ0n) is 44.7. The van der Waals surface area contributed by atoms with Gasteiger partial charge in [-0.05, 0) is 169 Å². The number of rotatable bonds is 13. The maximum atomic E-state index is 10.5. The maximum absolute atomic E-state index is 10.5. The SMILES string of the molecule is CC[C@H]1OC(c2ccc(OC)c(Cc3ccc4c(c3)CCC3(CCC3)O4)c2)C(OCc2ccccc2)C(C)[C@@H]1C.COc1ccc(C2O[C@H](CO)[C@@H](O)[C@H](O)[C@H]2O)cc1Cc1ccc2c(c1)CCC1(CCC1)O2.[CH3-].[Pd]. The first-order chi connectivity index (χ1) is 35.4. The molecule has 0 amide bonds. The zero-order valence-corrected chi connectivity index (χ0v) is 46.2. The van der Waals surface area contributed by atoms with E-state index in [1.54, 1.807) is 20.3 Å². The van der Waals surface area contributed by atoms with Crippen molar-refractivity contribution < 1.29 is 74.0 Å². The van der Waals surface area contributed by atoms with Crippen molar-refractivity contribution in [3.63, 3.8) is 0 Å². The molecule has 0 radical (unpaired) electrons. The van der Waals surface area contributed by atoms with E-state index in [1.807, 2.05) is 18.2 Å². The van der Waals surface area contributed by atoms with E-state index >= 15 is 0 Å². The maximum Gasteiger partial charge on any atom is 0.123 e. The topological polar surface area (TPSA) is 146 Å². The number of aliphatic hydroxyl groups is 4. The van der Waals surface area contributed by atoms with Gasteiger partial charge in [-0.15, -0.1) is 0 Å². The Bertz CT molecular complexity index is 2670. The Labute approximate surface area is 458 Å². The third-order valence-electron chi connectivity index (χ3n) is 17.3. The Morgan fingerprint density at radius 3 is 1.57 bits per heavy atom.